The SMILES string of the molecule is Cc1ccccc1C(=O)Nc1ccc(N2CCOCC2C)cc1. The van der Waals surface area contributed by atoms with E-state index >= 15 is 0 Å². The number of nitrogens with zero attached hydrogens (tertiary/aromatic N) is 1. The molecule has 0 bridgehead atoms. The number of hydrogen-bond acceptors (Lipinski definition) is 3. The third-order valence-corrected chi connectivity index (χ3v) is 4.21. The Morgan fingerprint density at radius 1 is 1.17 bits per heavy atom. The quantitative estimate of drug-likeness (QED) is 0.944. The van der Waals surface area contributed by atoms with E-state index in [0.717, 1.165) is 36.7 Å². The van der Waals surface area contributed by atoms with Crippen LogP contribution in [0.25, 0.3) is 0 Å². The van der Waals surface area contributed by atoms with Crippen molar-refractivity contribution in [2.45, 2.75) is 19.9 Å². The van der Waals surface area contributed by atoms with Gasteiger partial charge in [-0.25, -0.2) is 0 Å². The van der Waals surface area contributed by atoms with Gasteiger partial charge in [0.1, 0.15) is 0 Å². The molecule has 1 unspecified atom stereocenters. The van der Waals surface area contributed by atoms with Gasteiger partial charge in [-0.2, -0.15) is 0 Å². The number of rotatable bonds is 3. The molecule has 0 radical (unpaired) electrons. The van der Waals surface area contributed by atoms with Crippen molar-refractivity contribution in [1.82, 2.24) is 0 Å². The lowest BCUT2D eigenvalue weighted by Crippen LogP contribution is -2.43. The zero-order valence-electron chi connectivity index (χ0n) is 13.6. The summed E-state index contributed by atoms with van der Waals surface area (Å²) in [6, 6.07) is 16.0. The van der Waals surface area contributed by atoms with Gasteiger partial charge in [-0.1, -0.05) is 18.2 Å². The van der Waals surface area contributed by atoms with Gasteiger partial charge >= 0.3 is 0 Å². The van der Waals surface area contributed by atoms with Gasteiger partial charge in [0.2, 0.25) is 0 Å². The smallest absolute Gasteiger partial charge is 0.255 e. The van der Waals surface area contributed by atoms with Crippen LogP contribution in [0.1, 0.15) is 22.8 Å². The van der Waals surface area contributed by atoms with Crippen molar-refractivity contribution in [3.63, 3.8) is 0 Å². The molecule has 23 heavy (non-hydrogen) atoms. The van der Waals surface area contributed by atoms with Crippen LogP contribution in [0.5, 0.6) is 0 Å². The molecule has 3 rings (SSSR count). The number of amides is 1. The molecule has 4 heteroatoms. The molecule has 1 atom stereocenters. The zero-order chi connectivity index (χ0) is 16.2. The van der Waals surface area contributed by atoms with Crippen LogP contribution in [0.4, 0.5) is 11.4 Å². The fourth-order valence-corrected chi connectivity index (χ4v) is 2.87. The van der Waals surface area contributed by atoms with E-state index in [1.165, 1.54) is 0 Å². The summed E-state index contributed by atoms with van der Waals surface area (Å²) in [5.41, 5.74) is 3.65. The van der Waals surface area contributed by atoms with Gasteiger partial charge in [0.15, 0.2) is 0 Å². The fraction of sp³-hybridized carbons (Fsp3) is 0.316. The number of carbonyl (C=O) groups is 1. The van der Waals surface area contributed by atoms with Gasteiger partial charge in [0, 0.05) is 29.5 Å². The summed E-state index contributed by atoms with van der Waals surface area (Å²) < 4.78 is 5.47. The van der Waals surface area contributed by atoms with E-state index in [2.05, 4.69) is 29.3 Å². The van der Waals surface area contributed by atoms with Crippen molar-refractivity contribution < 1.29 is 9.53 Å². The second-order valence-corrected chi connectivity index (χ2v) is 5.93. The number of hydrogen-bond donors (Lipinski definition) is 1. The number of ether oxygens (including phenoxy) is 1. The van der Waals surface area contributed by atoms with Crippen LogP contribution in [-0.2, 0) is 4.74 Å². The van der Waals surface area contributed by atoms with Crippen LogP contribution >= 0.6 is 0 Å². The number of nitrogens with one attached hydrogen (secondary N) is 1. The first-order chi connectivity index (χ1) is 11.1. The molecule has 4 nitrogen and oxygen atoms in total. The number of anilines is 2. The zero-order valence-corrected chi connectivity index (χ0v) is 13.6. The van der Waals surface area contributed by atoms with Crippen LogP contribution < -0.4 is 10.2 Å². The molecule has 0 saturated carbocycles. The Kier molecular flexibility index (Phi) is 4.63. The van der Waals surface area contributed by atoms with E-state index in [1.807, 2.05) is 43.3 Å². The average molecular weight is 310 g/mol. The van der Waals surface area contributed by atoms with Crippen LogP contribution in [0.3, 0.4) is 0 Å². The Hall–Kier alpha value is -2.33. The minimum absolute atomic E-state index is 0.0735. The maximum absolute atomic E-state index is 12.3. The molecule has 1 heterocycles. The highest BCUT2D eigenvalue weighted by Gasteiger charge is 2.19. The Morgan fingerprint density at radius 2 is 1.91 bits per heavy atom. The largest absolute Gasteiger partial charge is 0.377 e. The summed E-state index contributed by atoms with van der Waals surface area (Å²) in [5.74, 6) is -0.0735. The van der Waals surface area contributed by atoms with Crippen LogP contribution in [0.15, 0.2) is 48.5 Å². The molecule has 0 spiro atoms. The maximum atomic E-state index is 12.3. The average Bonchev–Trinajstić information content (AvgIpc) is 2.56. The molecule has 1 aliphatic rings. The van der Waals surface area contributed by atoms with E-state index in [-0.39, 0.29) is 5.91 Å². The number of carbonyl (C=O) groups excluding carboxylic acids is 1. The summed E-state index contributed by atoms with van der Waals surface area (Å²) in [5, 5.41) is 2.96. The van der Waals surface area contributed by atoms with Gasteiger partial charge in [-0.15, -0.1) is 0 Å². The second-order valence-electron chi connectivity index (χ2n) is 5.93. The first-order valence-corrected chi connectivity index (χ1v) is 7.96. The van der Waals surface area contributed by atoms with Gasteiger partial charge in [0.05, 0.1) is 13.2 Å². The molecular weight excluding hydrogens is 288 g/mol. The van der Waals surface area contributed by atoms with E-state index in [1.54, 1.807) is 0 Å². The van der Waals surface area contributed by atoms with Crippen LogP contribution in [0, 0.1) is 6.92 Å². The molecule has 1 saturated heterocycles. The normalized spacial score (nSPS) is 17.8. The summed E-state index contributed by atoms with van der Waals surface area (Å²) in [6.07, 6.45) is 0. The third kappa shape index (κ3) is 3.54. The van der Waals surface area contributed by atoms with Crippen molar-refractivity contribution in [3.05, 3.63) is 59.7 Å². The summed E-state index contributed by atoms with van der Waals surface area (Å²) >= 11 is 0. The Morgan fingerprint density at radius 3 is 2.61 bits per heavy atom. The Labute approximate surface area is 137 Å². The van der Waals surface area contributed by atoms with Crippen molar-refractivity contribution in [2.75, 3.05) is 30.0 Å². The molecule has 0 aromatic heterocycles. The first-order valence-electron chi connectivity index (χ1n) is 7.96. The first kappa shape index (κ1) is 15.6. The molecule has 2 aromatic rings. The molecule has 1 fully saturated rings. The highest BCUT2D eigenvalue weighted by Crippen LogP contribution is 2.22. The van der Waals surface area contributed by atoms with E-state index in [0.29, 0.717) is 11.6 Å². The molecule has 120 valence electrons. The number of aryl methyl sites for hydroxylation is 1. The highest BCUT2D eigenvalue weighted by molar-refractivity contribution is 6.05. The monoisotopic (exact) mass is 310 g/mol. The molecule has 0 aliphatic carbocycles. The third-order valence-electron chi connectivity index (χ3n) is 4.21. The maximum Gasteiger partial charge on any atom is 0.255 e. The fourth-order valence-electron chi connectivity index (χ4n) is 2.87. The summed E-state index contributed by atoms with van der Waals surface area (Å²) in [7, 11) is 0. The predicted molar refractivity (Wildman–Crippen MR) is 93.2 cm³/mol. The Balaban J connectivity index is 1.70. The van der Waals surface area contributed by atoms with E-state index in [4.69, 9.17) is 4.74 Å². The van der Waals surface area contributed by atoms with Crippen molar-refractivity contribution >= 4 is 17.3 Å². The number of morpholine rings is 1. The highest BCUT2D eigenvalue weighted by atomic mass is 16.5. The van der Waals surface area contributed by atoms with Gasteiger partial charge < -0.3 is 15.0 Å². The molecular formula is C19H22N2O2. The molecule has 1 N–H and O–H groups in total. The van der Waals surface area contributed by atoms with Crippen molar-refractivity contribution in [1.29, 1.82) is 0 Å². The minimum atomic E-state index is -0.0735. The topological polar surface area (TPSA) is 41.6 Å². The van der Waals surface area contributed by atoms with E-state index < -0.39 is 0 Å². The van der Waals surface area contributed by atoms with Crippen molar-refractivity contribution in [2.24, 2.45) is 0 Å². The Bertz CT molecular complexity index is 682. The van der Waals surface area contributed by atoms with Crippen LogP contribution in [-0.4, -0.2) is 31.7 Å². The number of benzene rings is 2. The standard InChI is InChI=1S/C19H22N2O2/c1-14-5-3-4-6-18(14)19(22)20-16-7-9-17(10-8-16)21-11-12-23-13-15(21)2/h3-10,15H,11-13H2,1-2H3,(H,20,22). The van der Waals surface area contributed by atoms with Crippen molar-refractivity contribution in [3.8, 4) is 0 Å². The predicted octanol–water partition coefficient (Wildman–Crippen LogP) is 3.47. The minimum Gasteiger partial charge on any atom is -0.377 e. The lowest BCUT2D eigenvalue weighted by molar-refractivity contribution is 0.0989. The van der Waals surface area contributed by atoms with Gasteiger partial charge in [0.25, 0.3) is 5.91 Å². The van der Waals surface area contributed by atoms with Gasteiger partial charge in [-0.05, 0) is 49.7 Å². The summed E-state index contributed by atoms with van der Waals surface area (Å²) in [4.78, 5) is 14.7. The van der Waals surface area contributed by atoms with Gasteiger partial charge in [-0.3, -0.25) is 4.79 Å². The lowest BCUT2D eigenvalue weighted by Gasteiger charge is -2.35. The second kappa shape index (κ2) is 6.84. The van der Waals surface area contributed by atoms with E-state index in [9.17, 15) is 4.79 Å². The summed E-state index contributed by atoms with van der Waals surface area (Å²) in [6.45, 7) is 6.52. The molecule has 1 aliphatic heterocycles. The molecule has 1 amide bonds. The van der Waals surface area contributed by atoms with Crippen LogP contribution in [0.2, 0.25) is 0 Å². The molecule has 2 aromatic carbocycles. The lowest BCUT2D eigenvalue weighted by atomic mass is 10.1.